The third kappa shape index (κ3) is 4.44. The molecule has 2 aromatic heterocycles. The second-order valence-corrected chi connectivity index (χ2v) is 6.63. The van der Waals surface area contributed by atoms with Crippen molar-refractivity contribution in [2.24, 2.45) is 0 Å². The first-order chi connectivity index (χ1) is 12.5. The number of hydrogen-bond acceptors (Lipinski definition) is 6. The molecule has 0 radical (unpaired) electrons. The van der Waals surface area contributed by atoms with Gasteiger partial charge in [0.25, 0.3) is 0 Å². The van der Waals surface area contributed by atoms with Gasteiger partial charge in [0.2, 0.25) is 11.9 Å². The zero-order chi connectivity index (χ0) is 18.5. The lowest BCUT2D eigenvalue weighted by Gasteiger charge is -2.33. The topological polar surface area (TPSA) is 104 Å². The maximum absolute atomic E-state index is 12.4. The van der Waals surface area contributed by atoms with Crippen LogP contribution in [0.3, 0.4) is 0 Å². The van der Waals surface area contributed by atoms with E-state index in [2.05, 4.69) is 30.2 Å². The van der Waals surface area contributed by atoms with Gasteiger partial charge in [-0.05, 0) is 44.7 Å². The number of rotatable bonds is 5. The van der Waals surface area contributed by atoms with Crippen molar-refractivity contribution >= 4 is 11.9 Å². The summed E-state index contributed by atoms with van der Waals surface area (Å²) >= 11 is 0. The molecule has 0 saturated carbocycles. The van der Waals surface area contributed by atoms with Crippen LogP contribution in [0.5, 0.6) is 0 Å². The van der Waals surface area contributed by atoms with E-state index in [1.807, 2.05) is 6.92 Å². The molecule has 3 heterocycles. The van der Waals surface area contributed by atoms with Gasteiger partial charge in [0.1, 0.15) is 0 Å². The molecule has 3 rings (SSSR count). The van der Waals surface area contributed by atoms with Crippen LogP contribution in [0.2, 0.25) is 0 Å². The number of hydrogen-bond donors (Lipinski definition) is 2. The Bertz CT molecular complexity index is 794. The minimum absolute atomic E-state index is 0.0100. The predicted molar refractivity (Wildman–Crippen MR) is 98.1 cm³/mol. The fourth-order valence-corrected chi connectivity index (χ4v) is 3.39. The molecule has 2 N–H and O–H groups in total. The highest BCUT2D eigenvalue weighted by atomic mass is 16.1. The highest BCUT2D eigenvalue weighted by Crippen LogP contribution is 2.16. The van der Waals surface area contributed by atoms with Crippen LogP contribution in [0.25, 0.3) is 0 Å². The Balaban J connectivity index is 1.54. The van der Waals surface area contributed by atoms with Crippen molar-refractivity contribution in [3.63, 3.8) is 0 Å². The van der Waals surface area contributed by atoms with Crippen LogP contribution < -0.4 is 15.9 Å². The summed E-state index contributed by atoms with van der Waals surface area (Å²) in [7, 11) is 0. The standard InChI is InChI=1S/C18H24N6O2/c1-12-15(13(2)22-18(26)21-12)6-7-16(25)23-14-5-3-10-24(11-14)17-19-8-4-9-20-17/h4,8-9,14H,3,5-7,10-11H2,1-2H3,(H,23,25)(H,21,22,26). The number of H-pyrrole nitrogens is 1. The van der Waals surface area contributed by atoms with Crippen molar-refractivity contribution in [2.75, 3.05) is 18.0 Å². The SMILES string of the molecule is Cc1nc(=O)[nH]c(C)c1CCC(=O)NC1CCCN(c2ncccn2)C1. The molecule has 1 aliphatic rings. The van der Waals surface area contributed by atoms with Gasteiger partial charge in [0.15, 0.2) is 0 Å². The Morgan fingerprint density at radius 3 is 2.85 bits per heavy atom. The molecule has 8 nitrogen and oxygen atoms in total. The summed E-state index contributed by atoms with van der Waals surface area (Å²) in [6.45, 7) is 5.25. The Morgan fingerprint density at radius 1 is 1.35 bits per heavy atom. The number of aromatic nitrogens is 4. The lowest BCUT2D eigenvalue weighted by molar-refractivity contribution is -0.121. The number of amides is 1. The Labute approximate surface area is 152 Å². The fourth-order valence-electron chi connectivity index (χ4n) is 3.39. The smallest absolute Gasteiger partial charge is 0.345 e. The summed E-state index contributed by atoms with van der Waals surface area (Å²) < 4.78 is 0. The van der Waals surface area contributed by atoms with Gasteiger partial charge < -0.3 is 15.2 Å². The molecule has 0 spiro atoms. The molecular formula is C18H24N6O2. The first-order valence-corrected chi connectivity index (χ1v) is 8.90. The third-order valence-corrected chi connectivity index (χ3v) is 4.68. The van der Waals surface area contributed by atoms with Gasteiger partial charge in [0.05, 0.1) is 0 Å². The Morgan fingerprint density at radius 2 is 2.12 bits per heavy atom. The van der Waals surface area contributed by atoms with Crippen LogP contribution in [0.4, 0.5) is 5.95 Å². The summed E-state index contributed by atoms with van der Waals surface area (Å²) in [6, 6.07) is 1.89. The molecule has 26 heavy (non-hydrogen) atoms. The number of piperidine rings is 1. The number of anilines is 1. The van der Waals surface area contributed by atoms with Crippen molar-refractivity contribution in [3.8, 4) is 0 Å². The number of nitrogens with zero attached hydrogens (tertiary/aromatic N) is 4. The average Bonchev–Trinajstić information content (AvgIpc) is 2.62. The van der Waals surface area contributed by atoms with E-state index in [0.717, 1.165) is 30.6 Å². The van der Waals surface area contributed by atoms with Crippen molar-refractivity contribution in [3.05, 3.63) is 45.9 Å². The van der Waals surface area contributed by atoms with E-state index in [9.17, 15) is 9.59 Å². The van der Waals surface area contributed by atoms with Gasteiger partial charge in [0, 0.05) is 49.3 Å². The van der Waals surface area contributed by atoms with Crippen LogP contribution in [0.15, 0.2) is 23.3 Å². The zero-order valence-corrected chi connectivity index (χ0v) is 15.2. The summed E-state index contributed by atoms with van der Waals surface area (Å²) in [5.41, 5.74) is 2.05. The summed E-state index contributed by atoms with van der Waals surface area (Å²) in [4.78, 5) is 41.0. The van der Waals surface area contributed by atoms with Gasteiger partial charge >= 0.3 is 5.69 Å². The second-order valence-electron chi connectivity index (χ2n) is 6.63. The monoisotopic (exact) mass is 356 g/mol. The maximum Gasteiger partial charge on any atom is 0.345 e. The van der Waals surface area contributed by atoms with Crippen LogP contribution >= 0.6 is 0 Å². The van der Waals surface area contributed by atoms with Crippen LogP contribution in [-0.2, 0) is 11.2 Å². The normalized spacial score (nSPS) is 17.2. The molecule has 1 atom stereocenters. The number of nitrogens with one attached hydrogen (secondary N) is 2. The van der Waals surface area contributed by atoms with E-state index in [0.29, 0.717) is 31.0 Å². The molecule has 1 fully saturated rings. The lowest BCUT2D eigenvalue weighted by atomic mass is 10.0. The minimum Gasteiger partial charge on any atom is -0.352 e. The van der Waals surface area contributed by atoms with Crippen LogP contribution in [0, 0.1) is 13.8 Å². The van der Waals surface area contributed by atoms with E-state index in [1.54, 1.807) is 25.4 Å². The average molecular weight is 356 g/mol. The molecule has 1 amide bonds. The van der Waals surface area contributed by atoms with E-state index >= 15 is 0 Å². The molecule has 1 aliphatic heterocycles. The number of carbonyl (C=O) groups is 1. The molecule has 0 bridgehead atoms. The van der Waals surface area contributed by atoms with Gasteiger partial charge in [-0.1, -0.05) is 0 Å². The summed E-state index contributed by atoms with van der Waals surface area (Å²) in [6.07, 6.45) is 6.33. The second kappa shape index (κ2) is 8.07. The summed E-state index contributed by atoms with van der Waals surface area (Å²) in [5.74, 6) is 0.716. The first kappa shape index (κ1) is 18.0. The van der Waals surface area contributed by atoms with Crippen LogP contribution in [0.1, 0.15) is 36.2 Å². The summed E-state index contributed by atoms with van der Waals surface area (Å²) in [5, 5.41) is 3.11. The predicted octanol–water partition coefficient (Wildman–Crippen LogP) is 0.895. The zero-order valence-electron chi connectivity index (χ0n) is 15.2. The molecule has 1 saturated heterocycles. The molecule has 0 aliphatic carbocycles. The highest BCUT2D eigenvalue weighted by molar-refractivity contribution is 5.76. The van der Waals surface area contributed by atoms with Gasteiger partial charge in [-0.3, -0.25) is 4.79 Å². The maximum atomic E-state index is 12.4. The lowest BCUT2D eigenvalue weighted by Crippen LogP contribution is -2.48. The van der Waals surface area contributed by atoms with Gasteiger partial charge in [-0.15, -0.1) is 0 Å². The molecule has 0 aromatic carbocycles. The van der Waals surface area contributed by atoms with Crippen molar-refractivity contribution in [1.82, 2.24) is 25.3 Å². The van der Waals surface area contributed by atoms with Crippen molar-refractivity contribution < 1.29 is 4.79 Å². The van der Waals surface area contributed by atoms with Crippen molar-refractivity contribution in [1.29, 1.82) is 0 Å². The van der Waals surface area contributed by atoms with Crippen molar-refractivity contribution in [2.45, 2.75) is 45.6 Å². The number of carbonyl (C=O) groups excluding carboxylic acids is 1. The number of aryl methyl sites for hydroxylation is 2. The molecule has 2 aromatic rings. The fraction of sp³-hybridized carbons (Fsp3) is 0.500. The quantitative estimate of drug-likeness (QED) is 0.825. The van der Waals surface area contributed by atoms with E-state index in [1.165, 1.54) is 0 Å². The van der Waals surface area contributed by atoms with E-state index < -0.39 is 0 Å². The van der Waals surface area contributed by atoms with Gasteiger partial charge in [-0.25, -0.2) is 14.8 Å². The minimum atomic E-state index is -0.348. The molecular weight excluding hydrogens is 332 g/mol. The third-order valence-electron chi connectivity index (χ3n) is 4.68. The first-order valence-electron chi connectivity index (χ1n) is 8.90. The Kier molecular flexibility index (Phi) is 5.60. The number of aromatic amines is 1. The van der Waals surface area contributed by atoms with E-state index in [-0.39, 0.29) is 17.6 Å². The van der Waals surface area contributed by atoms with Gasteiger partial charge in [-0.2, -0.15) is 4.98 Å². The Hall–Kier alpha value is -2.77. The largest absolute Gasteiger partial charge is 0.352 e. The molecule has 1 unspecified atom stereocenters. The highest BCUT2D eigenvalue weighted by Gasteiger charge is 2.23. The van der Waals surface area contributed by atoms with Crippen LogP contribution in [-0.4, -0.2) is 45.0 Å². The molecule has 138 valence electrons. The molecule has 8 heteroatoms. The van der Waals surface area contributed by atoms with E-state index in [4.69, 9.17) is 0 Å².